The summed E-state index contributed by atoms with van der Waals surface area (Å²) in [4.78, 5) is 15.6. The average molecular weight is 435 g/mol. The lowest BCUT2D eigenvalue weighted by atomic mass is 9.87. The number of aromatic nitrogens is 3. The molecule has 0 aliphatic carbocycles. The van der Waals surface area contributed by atoms with Gasteiger partial charge in [-0.05, 0) is 13.8 Å². The molecule has 148 valence electrons. The first-order chi connectivity index (χ1) is 12.3. The maximum atomic E-state index is 14.3. The van der Waals surface area contributed by atoms with E-state index in [-0.39, 0.29) is 35.1 Å². The summed E-state index contributed by atoms with van der Waals surface area (Å²) in [6.07, 6.45) is 2.91. The summed E-state index contributed by atoms with van der Waals surface area (Å²) in [5.74, 6) is 0.755. The Kier molecular flexibility index (Phi) is 5.66. The van der Waals surface area contributed by atoms with E-state index in [0.717, 1.165) is 16.8 Å². The number of nitrogens with one attached hydrogen (secondary N) is 1. The van der Waals surface area contributed by atoms with Crippen LogP contribution in [0, 0.1) is 11.7 Å². The van der Waals surface area contributed by atoms with Crippen molar-refractivity contribution in [1.82, 2.24) is 20.3 Å². The van der Waals surface area contributed by atoms with Gasteiger partial charge in [0.15, 0.2) is 5.82 Å². The smallest absolute Gasteiger partial charge is 0.225 e. The predicted molar refractivity (Wildman–Crippen MR) is 106 cm³/mol. The van der Waals surface area contributed by atoms with E-state index < -0.39 is 11.5 Å². The molecular formula is C16H21ClF2N6S2. The molecular weight excluding hydrogens is 414 g/mol. The van der Waals surface area contributed by atoms with E-state index in [9.17, 15) is 8.78 Å². The molecule has 3 atom stereocenters. The van der Waals surface area contributed by atoms with Gasteiger partial charge in [-0.15, -0.1) is 35.5 Å². The van der Waals surface area contributed by atoms with E-state index in [4.69, 9.17) is 5.73 Å². The molecule has 0 aromatic carbocycles. The molecule has 2 aliphatic heterocycles. The molecule has 11 heteroatoms. The van der Waals surface area contributed by atoms with Gasteiger partial charge in [-0.2, -0.15) is 0 Å². The Balaban J connectivity index is 0.00000210. The summed E-state index contributed by atoms with van der Waals surface area (Å²) in [7, 11) is 0. The van der Waals surface area contributed by atoms with Crippen molar-refractivity contribution in [2.24, 2.45) is 11.7 Å². The summed E-state index contributed by atoms with van der Waals surface area (Å²) in [5, 5.41) is 3.52. The van der Waals surface area contributed by atoms with Crippen LogP contribution < -0.4 is 16.0 Å². The SMILES string of the molecule is CC(C)(F)c1nc(N2C[C@H]3CSC(N)N[C@@]3(c3cncs3)C2)ncc1F.Cl. The molecule has 0 amide bonds. The highest BCUT2D eigenvalue weighted by Crippen LogP contribution is 2.45. The molecule has 0 saturated carbocycles. The maximum absolute atomic E-state index is 14.3. The molecule has 2 aromatic rings. The fourth-order valence-corrected chi connectivity index (χ4v) is 5.64. The topological polar surface area (TPSA) is 80.0 Å². The standard InChI is InChI=1S/C16H20F2N6S2.ClH/c1-15(2,18)12-10(17)3-21-14(22-12)24-5-9-6-25-13(19)23-16(9,7-24)11-4-20-8-26-11;/h3-4,8-9,13,23H,5-7,19H2,1-2H3;1H/t9-,13?,16-;/m0./s1. The fraction of sp³-hybridized carbons (Fsp3) is 0.562. The van der Waals surface area contributed by atoms with Gasteiger partial charge in [0.05, 0.1) is 17.2 Å². The number of thioether (sulfide) groups is 1. The fourth-order valence-electron chi connectivity index (χ4n) is 3.66. The lowest BCUT2D eigenvalue weighted by molar-refractivity contribution is 0.205. The number of fused-ring (bicyclic) bond motifs is 1. The Morgan fingerprint density at radius 1 is 1.41 bits per heavy atom. The van der Waals surface area contributed by atoms with Gasteiger partial charge in [-0.1, -0.05) is 0 Å². The third-order valence-electron chi connectivity index (χ3n) is 4.90. The average Bonchev–Trinajstić information content (AvgIpc) is 3.22. The van der Waals surface area contributed by atoms with E-state index in [1.165, 1.54) is 13.8 Å². The molecule has 27 heavy (non-hydrogen) atoms. The first-order valence-corrected chi connectivity index (χ1v) is 10.2. The van der Waals surface area contributed by atoms with Crippen molar-refractivity contribution >= 4 is 41.5 Å². The Bertz CT molecular complexity index is 803. The molecule has 3 N–H and O–H groups in total. The van der Waals surface area contributed by atoms with Crippen LogP contribution in [0.4, 0.5) is 14.7 Å². The zero-order valence-corrected chi connectivity index (χ0v) is 17.3. The molecule has 2 aromatic heterocycles. The van der Waals surface area contributed by atoms with E-state index in [0.29, 0.717) is 19.0 Å². The van der Waals surface area contributed by atoms with Crippen LogP contribution in [-0.2, 0) is 11.2 Å². The van der Waals surface area contributed by atoms with Crippen LogP contribution in [0.25, 0.3) is 0 Å². The highest BCUT2D eigenvalue weighted by atomic mass is 35.5. The summed E-state index contributed by atoms with van der Waals surface area (Å²) < 4.78 is 28.3. The minimum atomic E-state index is -1.87. The maximum Gasteiger partial charge on any atom is 0.225 e. The number of nitrogens with two attached hydrogens (primary N) is 1. The molecule has 0 radical (unpaired) electrons. The Morgan fingerprint density at radius 3 is 2.85 bits per heavy atom. The molecule has 2 saturated heterocycles. The Hall–Kier alpha value is -1.07. The van der Waals surface area contributed by atoms with Crippen molar-refractivity contribution in [2.75, 3.05) is 23.7 Å². The molecule has 0 spiro atoms. The number of alkyl halides is 1. The lowest BCUT2D eigenvalue weighted by Gasteiger charge is -2.41. The summed E-state index contributed by atoms with van der Waals surface area (Å²) in [5.41, 5.74) is 5.33. The van der Waals surface area contributed by atoms with Crippen LogP contribution in [0.3, 0.4) is 0 Å². The molecule has 2 fully saturated rings. The third-order valence-corrected chi connectivity index (χ3v) is 6.93. The van der Waals surface area contributed by atoms with Gasteiger partial charge in [0.25, 0.3) is 0 Å². The first kappa shape index (κ1) is 20.7. The molecule has 2 aliphatic rings. The largest absolute Gasteiger partial charge is 0.338 e. The Labute approximate surface area is 170 Å². The van der Waals surface area contributed by atoms with Crippen LogP contribution in [0.1, 0.15) is 24.4 Å². The minimum Gasteiger partial charge on any atom is -0.338 e. The second-order valence-electron chi connectivity index (χ2n) is 7.15. The second kappa shape index (κ2) is 7.40. The zero-order valence-electron chi connectivity index (χ0n) is 14.9. The minimum absolute atomic E-state index is 0. The quantitative estimate of drug-likeness (QED) is 0.768. The van der Waals surface area contributed by atoms with Crippen molar-refractivity contribution in [3.05, 3.63) is 34.3 Å². The van der Waals surface area contributed by atoms with Gasteiger partial charge in [0, 0.05) is 35.8 Å². The lowest BCUT2D eigenvalue weighted by Crippen LogP contribution is -2.58. The number of nitrogens with zero attached hydrogens (tertiary/aromatic N) is 4. The number of thiazole rings is 1. The van der Waals surface area contributed by atoms with Gasteiger partial charge in [-0.25, -0.2) is 18.7 Å². The number of halogens is 3. The van der Waals surface area contributed by atoms with E-state index in [2.05, 4.69) is 20.3 Å². The van der Waals surface area contributed by atoms with Gasteiger partial charge in [0.1, 0.15) is 16.9 Å². The van der Waals surface area contributed by atoms with Crippen molar-refractivity contribution in [3.63, 3.8) is 0 Å². The molecule has 4 rings (SSSR count). The van der Waals surface area contributed by atoms with Crippen molar-refractivity contribution in [2.45, 2.75) is 30.6 Å². The highest BCUT2D eigenvalue weighted by Gasteiger charge is 2.52. The number of hydrogen-bond acceptors (Lipinski definition) is 8. The predicted octanol–water partition coefficient (Wildman–Crippen LogP) is 2.61. The van der Waals surface area contributed by atoms with Crippen molar-refractivity contribution < 1.29 is 8.78 Å². The van der Waals surface area contributed by atoms with Gasteiger partial charge >= 0.3 is 0 Å². The summed E-state index contributed by atoms with van der Waals surface area (Å²) >= 11 is 3.24. The molecule has 1 unspecified atom stereocenters. The zero-order chi connectivity index (χ0) is 18.5. The van der Waals surface area contributed by atoms with Crippen LogP contribution in [-0.4, -0.2) is 39.3 Å². The summed E-state index contributed by atoms with van der Waals surface area (Å²) in [6, 6.07) is 0. The van der Waals surface area contributed by atoms with Gasteiger partial charge in [-0.3, -0.25) is 10.3 Å². The van der Waals surface area contributed by atoms with Gasteiger partial charge < -0.3 is 10.6 Å². The van der Waals surface area contributed by atoms with Crippen LogP contribution in [0.15, 0.2) is 17.9 Å². The second-order valence-corrected chi connectivity index (χ2v) is 9.21. The van der Waals surface area contributed by atoms with Crippen molar-refractivity contribution in [1.29, 1.82) is 0 Å². The van der Waals surface area contributed by atoms with Crippen LogP contribution in [0.5, 0.6) is 0 Å². The first-order valence-electron chi connectivity index (χ1n) is 8.30. The van der Waals surface area contributed by atoms with Crippen LogP contribution >= 0.6 is 35.5 Å². The highest BCUT2D eigenvalue weighted by molar-refractivity contribution is 7.99. The monoisotopic (exact) mass is 434 g/mol. The van der Waals surface area contributed by atoms with Gasteiger partial charge in [0.2, 0.25) is 5.95 Å². The molecule has 6 nitrogen and oxygen atoms in total. The van der Waals surface area contributed by atoms with Crippen LogP contribution in [0.2, 0.25) is 0 Å². The number of anilines is 1. The molecule has 0 bridgehead atoms. The van der Waals surface area contributed by atoms with E-state index in [1.807, 2.05) is 11.1 Å². The van der Waals surface area contributed by atoms with E-state index >= 15 is 0 Å². The van der Waals surface area contributed by atoms with Crippen molar-refractivity contribution in [3.8, 4) is 0 Å². The molecule has 4 heterocycles. The Morgan fingerprint density at radius 2 is 2.19 bits per heavy atom. The summed E-state index contributed by atoms with van der Waals surface area (Å²) in [6.45, 7) is 3.85. The number of hydrogen-bond donors (Lipinski definition) is 2. The van der Waals surface area contributed by atoms with E-state index in [1.54, 1.807) is 28.6 Å². The third kappa shape index (κ3) is 3.65. The number of rotatable bonds is 3. The normalized spacial score (nSPS) is 28.0.